The molecule has 4 heteroatoms. The van der Waals surface area contributed by atoms with Crippen LogP contribution in [0.5, 0.6) is 0 Å². The van der Waals surface area contributed by atoms with Crippen LogP contribution in [0.25, 0.3) is 0 Å². The van der Waals surface area contributed by atoms with Crippen molar-refractivity contribution in [3.05, 3.63) is 57.5 Å². The molecule has 1 saturated carbocycles. The van der Waals surface area contributed by atoms with Gasteiger partial charge in [-0.05, 0) is 58.6 Å². The third kappa shape index (κ3) is 3.79. The first-order valence-electron chi connectivity index (χ1n) is 6.66. The first kappa shape index (κ1) is 14.5. The lowest BCUT2D eigenvalue weighted by atomic mass is 10.2. The van der Waals surface area contributed by atoms with E-state index in [0.29, 0.717) is 6.04 Å². The monoisotopic (exact) mass is 367 g/mol. The second-order valence-corrected chi connectivity index (χ2v) is 7.31. The summed E-state index contributed by atoms with van der Waals surface area (Å²) in [6.45, 7) is 0.911. The molecule has 3 rings (SSSR count). The molecule has 0 amide bonds. The summed E-state index contributed by atoms with van der Waals surface area (Å²) in [7, 11) is 0. The Morgan fingerprint density at radius 3 is 2.70 bits per heavy atom. The van der Waals surface area contributed by atoms with Gasteiger partial charge in [0.05, 0.1) is 0 Å². The Kier molecular flexibility index (Phi) is 4.72. The molecule has 20 heavy (non-hydrogen) atoms. The molecular formula is C16H15BrClNS. The number of nitrogens with one attached hydrogen (secondary N) is 1. The lowest BCUT2D eigenvalue weighted by Crippen LogP contribution is -2.15. The van der Waals surface area contributed by atoms with Crippen molar-refractivity contribution in [3.63, 3.8) is 0 Å². The first-order chi connectivity index (χ1) is 9.72. The van der Waals surface area contributed by atoms with Crippen LogP contribution in [0.3, 0.4) is 0 Å². The van der Waals surface area contributed by atoms with Gasteiger partial charge >= 0.3 is 0 Å². The fourth-order valence-electron chi connectivity index (χ4n) is 1.96. The predicted molar refractivity (Wildman–Crippen MR) is 89.6 cm³/mol. The van der Waals surface area contributed by atoms with Gasteiger partial charge in [0.1, 0.15) is 0 Å². The van der Waals surface area contributed by atoms with Gasteiger partial charge in [-0.15, -0.1) is 0 Å². The van der Waals surface area contributed by atoms with E-state index >= 15 is 0 Å². The van der Waals surface area contributed by atoms with Crippen molar-refractivity contribution in [2.45, 2.75) is 35.2 Å². The molecule has 0 radical (unpaired) electrons. The molecule has 1 fully saturated rings. The summed E-state index contributed by atoms with van der Waals surface area (Å²) < 4.78 is 1.12. The molecule has 0 saturated heterocycles. The Morgan fingerprint density at radius 2 is 1.95 bits per heavy atom. The molecule has 1 aliphatic rings. The van der Waals surface area contributed by atoms with Gasteiger partial charge in [-0.25, -0.2) is 0 Å². The normalized spacial score (nSPS) is 14.5. The van der Waals surface area contributed by atoms with E-state index in [9.17, 15) is 0 Å². The zero-order valence-corrected chi connectivity index (χ0v) is 14.1. The highest BCUT2D eigenvalue weighted by Gasteiger charge is 2.20. The Hall–Kier alpha value is -0.480. The molecule has 0 bridgehead atoms. The summed E-state index contributed by atoms with van der Waals surface area (Å²) >= 11 is 11.5. The van der Waals surface area contributed by atoms with Crippen molar-refractivity contribution in [1.82, 2.24) is 5.32 Å². The van der Waals surface area contributed by atoms with Crippen LogP contribution >= 0.6 is 39.3 Å². The van der Waals surface area contributed by atoms with Crippen molar-refractivity contribution in [2.75, 3.05) is 0 Å². The molecular weight excluding hydrogens is 354 g/mol. The molecule has 0 spiro atoms. The zero-order valence-electron chi connectivity index (χ0n) is 10.9. The molecule has 0 unspecified atom stereocenters. The van der Waals surface area contributed by atoms with Gasteiger partial charge in [-0.2, -0.15) is 0 Å². The van der Waals surface area contributed by atoms with Gasteiger partial charge in [0.2, 0.25) is 0 Å². The third-order valence-electron chi connectivity index (χ3n) is 3.24. The summed E-state index contributed by atoms with van der Waals surface area (Å²) in [5.74, 6) is 0. The minimum Gasteiger partial charge on any atom is -0.310 e. The fourth-order valence-corrected chi connectivity index (χ4v) is 3.73. The maximum atomic E-state index is 6.15. The average Bonchev–Trinajstić information content (AvgIpc) is 3.25. The van der Waals surface area contributed by atoms with E-state index in [1.807, 2.05) is 12.1 Å². The number of halogens is 2. The van der Waals surface area contributed by atoms with Gasteiger partial charge in [0.25, 0.3) is 0 Å². The first-order valence-corrected chi connectivity index (χ1v) is 8.65. The molecule has 0 aromatic heterocycles. The van der Waals surface area contributed by atoms with E-state index in [4.69, 9.17) is 11.6 Å². The number of benzene rings is 2. The standard InChI is InChI=1S/C16H15BrClNS/c17-14-3-1-2-4-15(14)20-16-9-12(18)6-5-11(16)10-19-13-7-8-13/h1-6,9,13,19H,7-8,10H2. The quantitative estimate of drug-likeness (QED) is 0.747. The van der Waals surface area contributed by atoms with Crippen LogP contribution in [0, 0.1) is 0 Å². The van der Waals surface area contributed by atoms with Crippen LogP contribution < -0.4 is 5.32 Å². The maximum absolute atomic E-state index is 6.15. The molecule has 2 aromatic rings. The van der Waals surface area contributed by atoms with E-state index in [2.05, 4.69) is 51.6 Å². The lowest BCUT2D eigenvalue weighted by Gasteiger charge is -2.11. The van der Waals surface area contributed by atoms with Gasteiger partial charge in [-0.1, -0.05) is 41.6 Å². The third-order valence-corrected chi connectivity index (χ3v) is 5.61. The summed E-state index contributed by atoms with van der Waals surface area (Å²) in [6, 6.07) is 15.1. The number of rotatable bonds is 5. The van der Waals surface area contributed by atoms with Crippen LogP contribution in [-0.4, -0.2) is 6.04 Å². The van der Waals surface area contributed by atoms with E-state index in [0.717, 1.165) is 16.0 Å². The molecule has 0 heterocycles. The Bertz CT molecular complexity index is 613. The van der Waals surface area contributed by atoms with Crippen LogP contribution in [0.4, 0.5) is 0 Å². The van der Waals surface area contributed by atoms with Crippen LogP contribution in [0.2, 0.25) is 5.02 Å². The highest BCUT2D eigenvalue weighted by atomic mass is 79.9. The van der Waals surface area contributed by atoms with Crippen molar-refractivity contribution >= 4 is 39.3 Å². The molecule has 0 aliphatic heterocycles. The largest absolute Gasteiger partial charge is 0.310 e. The summed E-state index contributed by atoms with van der Waals surface area (Å²) in [5.41, 5.74) is 1.31. The zero-order chi connectivity index (χ0) is 13.9. The van der Waals surface area contributed by atoms with E-state index < -0.39 is 0 Å². The highest BCUT2D eigenvalue weighted by molar-refractivity contribution is 9.10. The Labute approximate surface area is 137 Å². The maximum Gasteiger partial charge on any atom is 0.0417 e. The number of hydrogen-bond acceptors (Lipinski definition) is 2. The SMILES string of the molecule is Clc1ccc(CNC2CC2)c(Sc2ccccc2Br)c1. The predicted octanol–water partition coefficient (Wildman–Crippen LogP) is 5.51. The van der Waals surface area contributed by atoms with Crippen molar-refractivity contribution < 1.29 is 0 Å². The van der Waals surface area contributed by atoms with Gasteiger partial charge in [0.15, 0.2) is 0 Å². The van der Waals surface area contributed by atoms with E-state index in [1.165, 1.54) is 28.2 Å². The van der Waals surface area contributed by atoms with E-state index in [1.54, 1.807) is 11.8 Å². The van der Waals surface area contributed by atoms with Crippen molar-refractivity contribution in [1.29, 1.82) is 0 Å². The molecule has 0 atom stereocenters. The van der Waals surface area contributed by atoms with Crippen molar-refractivity contribution in [2.24, 2.45) is 0 Å². The molecule has 2 aromatic carbocycles. The Balaban J connectivity index is 1.82. The van der Waals surface area contributed by atoms with Crippen LogP contribution in [0.15, 0.2) is 56.7 Å². The molecule has 1 N–H and O–H groups in total. The molecule has 1 nitrogen and oxygen atoms in total. The molecule has 1 aliphatic carbocycles. The van der Waals surface area contributed by atoms with Gasteiger partial charge < -0.3 is 5.32 Å². The summed E-state index contributed by atoms with van der Waals surface area (Å²) in [5, 5.41) is 4.35. The minimum atomic E-state index is 0.715. The topological polar surface area (TPSA) is 12.0 Å². The lowest BCUT2D eigenvalue weighted by molar-refractivity contribution is 0.680. The van der Waals surface area contributed by atoms with Gasteiger partial charge in [0, 0.05) is 31.9 Å². The highest BCUT2D eigenvalue weighted by Crippen LogP contribution is 2.36. The minimum absolute atomic E-state index is 0.715. The van der Waals surface area contributed by atoms with Crippen LogP contribution in [-0.2, 0) is 6.54 Å². The smallest absolute Gasteiger partial charge is 0.0417 e. The Morgan fingerprint density at radius 1 is 1.15 bits per heavy atom. The van der Waals surface area contributed by atoms with Crippen molar-refractivity contribution in [3.8, 4) is 0 Å². The number of hydrogen-bond donors (Lipinski definition) is 1. The fraction of sp³-hybridized carbons (Fsp3) is 0.250. The molecule has 104 valence electrons. The van der Waals surface area contributed by atoms with Crippen LogP contribution in [0.1, 0.15) is 18.4 Å². The second kappa shape index (κ2) is 6.52. The van der Waals surface area contributed by atoms with Gasteiger partial charge in [-0.3, -0.25) is 0 Å². The second-order valence-electron chi connectivity index (χ2n) is 4.94. The summed E-state index contributed by atoms with van der Waals surface area (Å²) in [4.78, 5) is 2.43. The summed E-state index contributed by atoms with van der Waals surface area (Å²) in [6.07, 6.45) is 2.61. The average molecular weight is 369 g/mol. The van der Waals surface area contributed by atoms with E-state index in [-0.39, 0.29) is 0 Å².